The van der Waals surface area contributed by atoms with Crippen molar-refractivity contribution in [3.63, 3.8) is 0 Å². The highest BCUT2D eigenvalue weighted by molar-refractivity contribution is 5.81. The minimum absolute atomic E-state index is 0.192. The molecule has 4 rings (SSSR count). The lowest BCUT2D eigenvalue weighted by Crippen LogP contribution is -2.49. The number of aryl methyl sites for hydroxylation is 1. The van der Waals surface area contributed by atoms with Crippen molar-refractivity contribution in [1.82, 2.24) is 4.90 Å². The van der Waals surface area contributed by atoms with E-state index < -0.39 is 12.0 Å². The second-order valence-corrected chi connectivity index (χ2v) is 8.89. The van der Waals surface area contributed by atoms with Gasteiger partial charge in [0.2, 0.25) is 0 Å². The van der Waals surface area contributed by atoms with Gasteiger partial charge >= 0.3 is 5.97 Å². The fourth-order valence-electron chi connectivity index (χ4n) is 4.59. The van der Waals surface area contributed by atoms with E-state index in [0.717, 1.165) is 38.9 Å². The molecule has 3 aromatic rings. The number of ether oxygens (including phenoxy) is 2. The molecule has 0 radical (unpaired) electrons. The van der Waals surface area contributed by atoms with Crippen molar-refractivity contribution in [2.75, 3.05) is 26.9 Å². The van der Waals surface area contributed by atoms with Gasteiger partial charge < -0.3 is 14.6 Å². The highest BCUT2D eigenvalue weighted by Gasteiger charge is 2.29. The number of methoxy groups -OCH3 is 1. The topological polar surface area (TPSA) is 82.8 Å². The van der Waals surface area contributed by atoms with E-state index in [1.165, 1.54) is 0 Å². The zero-order valence-corrected chi connectivity index (χ0v) is 20.6. The van der Waals surface area contributed by atoms with Crippen LogP contribution in [0.4, 0.5) is 0 Å². The van der Waals surface area contributed by atoms with Crippen molar-refractivity contribution in [2.24, 2.45) is 0 Å². The van der Waals surface area contributed by atoms with Crippen molar-refractivity contribution in [3.8, 4) is 17.2 Å². The highest BCUT2D eigenvalue weighted by Crippen LogP contribution is 2.28. The third-order valence-corrected chi connectivity index (χ3v) is 6.52. The second kappa shape index (κ2) is 11.8. The van der Waals surface area contributed by atoms with Gasteiger partial charge in [0.1, 0.15) is 12.1 Å². The third-order valence-electron chi connectivity index (χ3n) is 6.52. The Morgan fingerprint density at radius 2 is 1.92 bits per heavy atom. The molecule has 1 N–H and O–H groups in total. The molecule has 0 amide bonds. The predicted octanol–water partition coefficient (Wildman–Crippen LogP) is 5.14. The minimum atomic E-state index is -0.870. The molecule has 6 nitrogen and oxygen atoms in total. The first kappa shape index (κ1) is 25.3. The lowest BCUT2D eigenvalue weighted by atomic mass is 9.94. The summed E-state index contributed by atoms with van der Waals surface area (Å²) in [6.45, 7) is 4.26. The lowest BCUT2D eigenvalue weighted by Gasteiger charge is -2.33. The smallest absolute Gasteiger partial charge is 0.323 e. The quantitative estimate of drug-likeness (QED) is 0.448. The molecule has 3 aromatic carbocycles. The summed E-state index contributed by atoms with van der Waals surface area (Å²) in [6.07, 6.45) is 4.00. The minimum Gasteiger partial charge on any atom is -0.480 e. The molecule has 1 aliphatic heterocycles. The molecule has 1 heterocycles. The number of nitriles is 1. The molecule has 184 valence electrons. The maximum absolute atomic E-state index is 11.7. The Labute approximate surface area is 212 Å². The third kappa shape index (κ3) is 5.72. The number of aliphatic carboxylic acids is 1. The number of morpholine rings is 1. The Bertz CT molecular complexity index is 1290. The van der Waals surface area contributed by atoms with Gasteiger partial charge in [0.15, 0.2) is 0 Å². The first-order chi connectivity index (χ1) is 17.5. The molecule has 0 spiro atoms. The van der Waals surface area contributed by atoms with Gasteiger partial charge in [-0.15, -0.1) is 0 Å². The number of carboxylic acids is 1. The molecule has 1 aliphatic rings. The number of hydrogen-bond acceptors (Lipinski definition) is 5. The molecule has 0 unspecified atom stereocenters. The molecule has 0 bridgehead atoms. The molecular formula is C30H30N2O4. The molecule has 1 fully saturated rings. The highest BCUT2D eigenvalue weighted by atomic mass is 16.5. The number of nitrogens with zero attached hydrogens (tertiary/aromatic N) is 2. The SMILES string of the molecule is COCc1cc(/C=C/c2cccc(-c3ccccc3)c2C#N)c(C)cc1CN1CCOC[C@H]1C(=O)O. The van der Waals surface area contributed by atoms with Crippen LogP contribution >= 0.6 is 0 Å². The van der Waals surface area contributed by atoms with E-state index in [1.807, 2.05) is 72.5 Å². The summed E-state index contributed by atoms with van der Waals surface area (Å²) in [7, 11) is 1.65. The normalized spacial score (nSPS) is 16.2. The van der Waals surface area contributed by atoms with Crippen LogP contribution in [0.2, 0.25) is 0 Å². The van der Waals surface area contributed by atoms with Crippen LogP contribution in [0.15, 0.2) is 60.7 Å². The number of carbonyl (C=O) groups is 1. The van der Waals surface area contributed by atoms with E-state index in [9.17, 15) is 15.2 Å². The van der Waals surface area contributed by atoms with Crippen LogP contribution in [0.3, 0.4) is 0 Å². The van der Waals surface area contributed by atoms with Gasteiger partial charge in [-0.05, 0) is 46.4 Å². The van der Waals surface area contributed by atoms with Gasteiger partial charge in [-0.2, -0.15) is 5.26 Å². The number of rotatable bonds is 8. The largest absolute Gasteiger partial charge is 0.480 e. The summed E-state index contributed by atoms with van der Waals surface area (Å²) in [5.74, 6) is -0.870. The van der Waals surface area contributed by atoms with E-state index in [1.54, 1.807) is 7.11 Å². The van der Waals surface area contributed by atoms with Crippen molar-refractivity contribution >= 4 is 18.1 Å². The Hall–Kier alpha value is -3.76. The van der Waals surface area contributed by atoms with Gasteiger partial charge in [-0.25, -0.2) is 0 Å². The van der Waals surface area contributed by atoms with Gasteiger partial charge in [0.05, 0.1) is 25.4 Å². The molecule has 36 heavy (non-hydrogen) atoms. The summed E-state index contributed by atoms with van der Waals surface area (Å²) in [5.41, 5.74) is 7.56. The van der Waals surface area contributed by atoms with Crippen molar-refractivity contribution in [3.05, 3.63) is 94.0 Å². The Morgan fingerprint density at radius 1 is 1.14 bits per heavy atom. The fraction of sp³-hybridized carbons (Fsp3) is 0.267. The zero-order valence-electron chi connectivity index (χ0n) is 20.6. The van der Waals surface area contributed by atoms with E-state index in [-0.39, 0.29) is 6.61 Å². The standard InChI is InChI=1S/C30H30N2O4/c1-21-15-25(18-32-13-14-36-20-29(32)30(33)34)26(19-35-2)16-24(21)12-11-23-9-6-10-27(28(23)17-31)22-7-4-3-5-8-22/h3-12,15-16,29H,13-14,18-20H2,1-2H3,(H,33,34)/b12-11+/t29-/m0/s1. The van der Waals surface area contributed by atoms with Gasteiger partial charge in [-0.3, -0.25) is 9.69 Å². The average molecular weight is 483 g/mol. The molecule has 0 aliphatic carbocycles. The first-order valence-corrected chi connectivity index (χ1v) is 11.9. The number of benzene rings is 3. The Morgan fingerprint density at radius 3 is 2.64 bits per heavy atom. The molecule has 1 saturated heterocycles. The number of hydrogen-bond donors (Lipinski definition) is 1. The van der Waals surface area contributed by atoms with Crippen LogP contribution in [-0.2, 0) is 27.4 Å². The van der Waals surface area contributed by atoms with Crippen molar-refractivity contribution in [1.29, 1.82) is 5.26 Å². The monoisotopic (exact) mass is 482 g/mol. The van der Waals surface area contributed by atoms with Gasteiger partial charge in [-0.1, -0.05) is 66.7 Å². The van der Waals surface area contributed by atoms with Crippen LogP contribution in [-0.4, -0.2) is 48.9 Å². The number of carboxylic acid groups (broad SMARTS) is 1. The molecular weight excluding hydrogens is 452 g/mol. The average Bonchev–Trinajstić information content (AvgIpc) is 2.90. The summed E-state index contributed by atoms with van der Waals surface area (Å²) < 4.78 is 10.8. The zero-order chi connectivity index (χ0) is 25.5. The molecule has 0 saturated carbocycles. The van der Waals surface area contributed by atoms with E-state index in [0.29, 0.717) is 31.9 Å². The predicted molar refractivity (Wildman–Crippen MR) is 140 cm³/mol. The summed E-state index contributed by atoms with van der Waals surface area (Å²) in [4.78, 5) is 13.6. The molecule has 0 aromatic heterocycles. The maximum Gasteiger partial charge on any atom is 0.323 e. The van der Waals surface area contributed by atoms with E-state index >= 15 is 0 Å². The van der Waals surface area contributed by atoms with Crippen molar-refractivity contribution < 1.29 is 19.4 Å². The van der Waals surface area contributed by atoms with Gasteiger partial charge in [0, 0.05) is 25.8 Å². The fourth-order valence-corrected chi connectivity index (χ4v) is 4.59. The first-order valence-electron chi connectivity index (χ1n) is 11.9. The van der Waals surface area contributed by atoms with E-state index in [4.69, 9.17) is 9.47 Å². The van der Waals surface area contributed by atoms with Crippen LogP contribution in [0.5, 0.6) is 0 Å². The molecule has 1 atom stereocenters. The van der Waals surface area contributed by atoms with Crippen LogP contribution in [0, 0.1) is 18.3 Å². The summed E-state index contributed by atoms with van der Waals surface area (Å²) in [6, 6.07) is 21.7. The van der Waals surface area contributed by atoms with E-state index in [2.05, 4.69) is 18.2 Å². The van der Waals surface area contributed by atoms with Crippen LogP contribution < -0.4 is 0 Å². The summed E-state index contributed by atoms with van der Waals surface area (Å²) >= 11 is 0. The lowest BCUT2D eigenvalue weighted by molar-refractivity contribution is -0.150. The van der Waals surface area contributed by atoms with Crippen molar-refractivity contribution in [2.45, 2.75) is 26.1 Å². The Kier molecular flexibility index (Phi) is 8.29. The second-order valence-electron chi connectivity index (χ2n) is 8.89. The molecule has 6 heteroatoms. The van der Waals surface area contributed by atoms with Crippen LogP contribution in [0.25, 0.3) is 23.3 Å². The van der Waals surface area contributed by atoms with Crippen LogP contribution in [0.1, 0.15) is 33.4 Å². The maximum atomic E-state index is 11.7. The Balaban J connectivity index is 1.65. The summed E-state index contributed by atoms with van der Waals surface area (Å²) in [5, 5.41) is 19.5. The van der Waals surface area contributed by atoms with Gasteiger partial charge in [0.25, 0.3) is 0 Å².